The molecule has 0 amide bonds. The van der Waals surface area contributed by atoms with Crippen LogP contribution in [0.5, 0.6) is 23.0 Å². The van der Waals surface area contributed by atoms with Crippen molar-refractivity contribution in [3.8, 4) is 23.0 Å². The van der Waals surface area contributed by atoms with Crippen LogP contribution >= 0.6 is 0 Å². The number of hydrogen-bond donors (Lipinski definition) is 0. The van der Waals surface area contributed by atoms with Crippen molar-refractivity contribution in [2.75, 3.05) is 26.9 Å². The van der Waals surface area contributed by atoms with Gasteiger partial charge in [0.2, 0.25) is 5.43 Å². The van der Waals surface area contributed by atoms with E-state index in [2.05, 4.69) is 0 Å². The minimum absolute atomic E-state index is 0.106. The van der Waals surface area contributed by atoms with Crippen molar-refractivity contribution in [2.24, 2.45) is 0 Å². The summed E-state index contributed by atoms with van der Waals surface area (Å²) in [5, 5.41) is 0. The second-order valence-corrected chi connectivity index (χ2v) is 7.03. The third kappa shape index (κ3) is 6.81. The van der Waals surface area contributed by atoms with E-state index < -0.39 is 0 Å². The minimum Gasteiger partial charge on any atom is -0.497 e. The van der Waals surface area contributed by atoms with E-state index in [1.54, 1.807) is 13.3 Å². The van der Waals surface area contributed by atoms with Crippen LogP contribution in [0, 0.1) is 6.92 Å². The van der Waals surface area contributed by atoms with Crippen LogP contribution in [0.1, 0.15) is 18.5 Å². The smallest absolute Gasteiger partial charge is 0.223 e. The lowest BCUT2D eigenvalue weighted by atomic mass is 10.3. The fourth-order valence-corrected chi connectivity index (χ4v) is 3.09. The van der Waals surface area contributed by atoms with Crippen LogP contribution in [0.15, 0.2) is 71.7 Å². The molecule has 2 aromatic carbocycles. The summed E-state index contributed by atoms with van der Waals surface area (Å²) in [6, 6.07) is 18.7. The molecule has 0 aliphatic carbocycles. The SMILES string of the molecule is COc1ccc(OCCn2ccc(=O)c(OCCCCOc3ccccc3)c2C)cc1. The average molecular weight is 424 g/mol. The van der Waals surface area contributed by atoms with Crippen molar-refractivity contribution in [1.82, 2.24) is 4.57 Å². The molecule has 0 atom stereocenters. The van der Waals surface area contributed by atoms with Crippen molar-refractivity contribution >= 4 is 0 Å². The number of methoxy groups -OCH3 is 1. The average Bonchev–Trinajstić information content (AvgIpc) is 2.80. The number of benzene rings is 2. The third-order valence-electron chi connectivity index (χ3n) is 4.85. The third-order valence-corrected chi connectivity index (χ3v) is 4.85. The molecule has 6 nitrogen and oxygen atoms in total. The fraction of sp³-hybridized carbons (Fsp3) is 0.320. The first kappa shape index (κ1) is 22.3. The zero-order valence-corrected chi connectivity index (χ0v) is 18.1. The number of para-hydroxylation sites is 1. The Morgan fingerprint density at radius 2 is 1.35 bits per heavy atom. The summed E-state index contributed by atoms with van der Waals surface area (Å²) < 4.78 is 24.4. The Bertz CT molecular complexity index is 983. The van der Waals surface area contributed by atoms with Crippen molar-refractivity contribution in [3.63, 3.8) is 0 Å². The molecule has 0 fully saturated rings. The van der Waals surface area contributed by atoms with E-state index in [9.17, 15) is 4.79 Å². The van der Waals surface area contributed by atoms with Gasteiger partial charge < -0.3 is 23.5 Å². The molecule has 0 aliphatic heterocycles. The summed E-state index contributed by atoms with van der Waals surface area (Å²) in [4.78, 5) is 12.2. The standard InChI is InChI=1S/C25H29NO5/c1-20-25(31-18-7-6-17-29-22-8-4-3-5-9-22)24(27)14-15-26(20)16-19-30-23-12-10-21(28-2)11-13-23/h3-5,8-15H,6-7,16-19H2,1-2H3. The molecule has 6 heteroatoms. The van der Waals surface area contributed by atoms with Gasteiger partial charge in [-0.25, -0.2) is 0 Å². The summed E-state index contributed by atoms with van der Waals surface area (Å²) in [6.07, 6.45) is 3.43. The maximum Gasteiger partial charge on any atom is 0.223 e. The Labute approximate surface area is 183 Å². The molecule has 31 heavy (non-hydrogen) atoms. The number of nitrogens with zero attached hydrogens (tertiary/aromatic N) is 1. The quantitative estimate of drug-likeness (QED) is 0.402. The zero-order chi connectivity index (χ0) is 21.9. The summed E-state index contributed by atoms with van der Waals surface area (Å²) in [7, 11) is 1.63. The van der Waals surface area contributed by atoms with E-state index in [0.29, 0.717) is 32.1 Å². The van der Waals surface area contributed by atoms with Crippen molar-refractivity contribution in [2.45, 2.75) is 26.3 Å². The second-order valence-electron chi connectivity index (χ2n) is 7.03. The van der Waals surface area contributed by atoms with E-state index in [1.165, 1.54) is 6.07 Å². The lowest BCUT2D eigenvalue weighted by Crippen LogP contribution is -2.18. The van der Waals surface area contributed by atoms with E-state index in [4.69, 9.17) is 18.9 Å². The van der Waals surface area contributed by atoms with Gasteiger partial charge in [-0.15, -0.1) is 0 Å². The first-order valence-electron chi connectivity index (χ1n) is 10.4. The molecule has 0 spiro atoms. The van der Waals surface area contributed by atoms with Crippen LogP contribution < -0.4 is 24.4 Å². The topological polar surface area (TPSA) is 58.9 Å². The summed E-state index contributed by atoms with van der Waals surface area (Å²) in [5.41, 5.74) is 0.691. The van der Waals surface area contributed by atoms with Crippen molar-refractivity contribution in [1.29, 1.82) is 0 Å². The first-order chi connectivity index (χ1) is 15.2. The highest BCUT2D eigenvalue weighted by Crippen LogP contribution is 2.17. The highest BCUT2D eigenvalue weighted by atomic mass is 16.5. The van der Waals surface area contributed by atoms with Crippen LogP contribution in [-0.4, -0.2) is 31.5 Å². The fourth-order valence-electron chi connectivity index (χ4n) is 3.09. The van der Waals surface area contributed by atoms with E-state index in [-0.39, 0.29) is 5.43 Å². The van der Waals surface area contributed by atoms with E-state index in [0.717, 1.165) is 35.8 Å². The maximum atomic E-state index is 12.2. The molecule has 3 aromatic rings. The number of unbranched alkanes of at least 4 members (excludes halogenated alkanes) is 1. The van der Waals surface area contributed by atoms with Gasteiger partial charge in [-0.3, -0.25) is 4.79 Å². The second kappa shape index (κ2) is 11.7. The predicted molar refractivity (Wildman–Crippen MR) is 121 cm³/mol. The molecule has 3 rings (SSSR count). The van der Waals surface area contributed by atoms with Crippen LogP contribution in [0.3, 0.4) is 0 Å². The summed E-state index contributed by atoms with van der Waals surface area (Å²) in [5.74, 6) is 2.82. The Morgan fingerprint density at radius 1 is 0.742 bits per heavy atom. The monoisotopic (exact) mass is 423 g/mol. The van der Waals surface area contributed by atoms with Gasteiger partial charge in [0.05, 0.1) is 32.6 Å². The number of ether oxygens (including phenoxy) is 4. The molecule has 1 heterocycles. The van der Waals surface area contributed by atoms with Gasteiger partial charge in [0.25, 0.3) is 0 Å². The van der Waals surface area contributed by atoms with Gasteiger partial charge in [0.1, 0.15) is 23.9 Å². The van der Waals surface area contributed by atoms with Gasteiger partial charge in [-0.1, -0.05) is 18.2 Å². The molecule has 0 unspecified atom stereocenters. The Kier molecular flexibility index (Phi) is 8.40. The molecule has 0 saturated carbocycles. The zero-order valence-electron chi connectivity index (χ0n) is 18.1. The molecule has 0 radical (unpaired) electrons. The molecule has 0 aliphatic rings. The molecule has 164 valence electrons. The normalized spacial score (nSPS) is 10.5. The first-order valence-corrected chi connectivity index (χ1v) is 10.4. The molecule has 0 N–H and O–H groups in total. The number of rotatable bonds is 12. The van der Waals surface area contributed by atoms with Gasteiger partial charge in [0.15, 0.2) is 5.75 Å². The van der Waals surface area contributed by atoms with Gasteiger partial charge in [-0.2, -0.15) is 0 Å². The maximum absolute atomic E-state index is 12.2. The van der Waals surface area contributed by atoms with Crippen molar-refractivity contribution < 1.29 is 18.9 Å². The van der Waals surface area contributed by atoms with E-state index >= 15 is 0 Å². The van der Waals surface area contributed by atoms with Gasteiger partial charge in [-0.05, 0) is 56.2 Å². The minimum atomic E-state index is -0.106. The van der Waals surface area contributed by atoms with Crippen LogP contribution in [-0.2, 0) is 6.54 Å². The largest absolute Gasteiger partial charge is 0.497 e. The molecular formula is C25H29NO5. The predicted octanol–water partition coefficient (Wildman–Crippen LogP) is 4.48. The molecule has 0 saturated heterocycles. The van der Waals surface area contributed by atoms with Crippen LogP contribution in [0.25, 0.3) is 0 Å². The summed E-state index contributed by atoms with van der Waals surface area (Å²) >= 11 is 0. The number of pyridine rings is 1. The Hall–Kier alpha value is -3.41. The highest BCUT2D eigenvalue weighted by Gasteiger charge is 2.09. The van der Waals surface area contributed by atoms with Crippen LogP contribution in [0.4, 0.5) is 0 Å². The van der Waals surface area contributed by atoms with E-state index in [1.807, 2.05) is 66.1 Å². The van der Waals surface area contributed by atoms with Gasteiger partial charge in [0, 0.05) is 12.3 Å². The molecule has 0 bridgehead atoms. The summed E-state index contributed by atoms with van der Waals surface area (Å²) in [6.45, 7) is 4.07. The van der Waals surface area contributed by atoms with Gasteiger partial charge >= 0.3 is 0 Å². The molecular weight excluding hydrogens is 394 g/mol. The van der Waals surface area contributed by atoms with Crippen LogP contribution in [0.2, 0.25) is 0 Å². The lowest BCUT2D eigenvalue weighted by molar-refractivity contribution is 0.260. The van der Waals surface area contributed by atoms with Crippen molar-refractivity contribution in [3.05, 3.63) is 82.8 Å². The number of hydrogen-bond acceptors (Lipinski definition) is 5. The molecule has 1 aromatic heterocycles. The Balaban J connectivity index is 1.44. The number of aromatic nitrogens is 1. The highest BCUT2D eigenvalue weighted by molar-refractivity contribution is 5.31. The lowest BCUT2D eigenvalue weighted by Gasteiger charge is -2.15. The Morgan fingerprint density at radius 3 is 2.06 bits per heavy atom.